The van der Waals surface area contributed by atoms with Crippen LogP contribution in [0.5, 0.6) is 0 Å². The third kappa shape index (κ3) is 5.86. The minimum Gasteiger partial charge on any atom is -0.303 e. The number of hydrogen-bond donors (Lipinski definition) is 1. The summed E-state index contributed by atoms with van der Waals surface area (Å²) in [6.45, 7) is 4.10. The first-order valence-corrected chi connectivity index (χ1v) is 16.1. The lowest BCUT2D eigenvalue weighted by Gasteiger charge is -2.37. The van der Waals surface area contributed by atoms with Crippen LogP contribution in [-0.2, 0) is 21.9 Å². The number of fused-ring (bicyclic) bond motifs is 1. The van der Waals surface area contributed by atoms with Crippen LogP contribution in [-0.4, -0.2) is 83.5 Å². The molecule has 13 nitrogen and oxygen atoms in total. The summed E-state index contributed by atoms with van der Waals surface area (Å²) in [4.78, 5) is 38.4. The molecule has 0 aliphatic carbocycles. The maximum atomic E-state index is 13.1. The molecule has 14 heteroatoms. The predicted molar refractivity (Wildman–Crippen MR) is 159 cm³/mol. The third-order valence-corrected chi connectivity index (χ3v) is 10.9. The number of nitro groups is 1. The van der Waals surface area contributed by atoms with Gasteiger partial charge in [-0.2, -0.15) is 9.40 Å². The van der Waals surface area contributed by atoms with E-state index in [0.29, 0.717) is 37.3 Å². The van der Waals surface area contributed by atoms with Crippen molar-refractivity contribution in [3.63, 3.8) is 0 Å². The zero-order valence-corrected chi connectivity index (χ0v) is 24.8. The number of carbonyl (C=O) groups excluding carboxylic acids is 2. The fourth-order valence-corrected chi connectivity index (χ4v) is 7.98. The molecule has 4 heterocycles. The van der Waals surface area contributed by atoms with Gasteiger partial charge in [0.2, 0.25) is 15.9 Å². The molecule has 3 aliphatic rings. The maximum Gasteiger partial charge on any atom is 0.329 e. The molecule has 0 saturated carbocycles. The second kappa shape index (κ2) is 11.7. The molecule has 3 aromatic rings. The van der Waals surface area contributed by atoms with Crippen LogP contribution < -0.4 is 10.2 Å². The molecule has 6 rings (SSSR count). The zero-order valence-electron chi connectivity index (χ0n) is 24.0. The van der Waals surface area contributed by atoms with Gasteiger partial charge in [0.05, 0.1) is 15.3 Å². The Bertz CT molecular complexity index is 1660. The van der Waals surface area contributed by atoms with Gasteiger partial charge >= 0.3 is 6.03 Å². The number of imide groups is 1. The van der Waals surface area contributed by atoms with Crippen molar-refractivity contribution in [1.82, 2.24) is 24.3 Å². The molecule has 0 bridgehead atoms. The van der Waals surface area contributed by atoms with E-state index >= 15 is 0 Å². The molecular weight excluding hydrogens is 574 g/mol. The minimum absolute atomic E-state index is 0.0904. The lowest BCUT2D eigenvalue weighted by atomic mass is 9.88. The molecule has 0 radical (unpaired) electrons. The van der Waals surface area contributed by atoms with Crippen LogP contribution >= 0.6 is 0 Å². The number of likely N-dealkylation sites (tertiary alicyclic amines) is 1. The Morgan fingerprint density at radius 2 is 1.67 bits per heavy atom. The van der Waals surface area contributed by atoms with Gasteiger partial charge in [-0.15, -0.1) is 0 Å². The van der Waals surface area contributed by atoms with Crippen molar-refractivity contribution < 1.29 is 22.9 Å². The van der Waals surface area contributed by atoms with Gasteiger partial charge in [-0.1, -0.05) is 6.07 Å². The summed E-state index contributed by atoms with van der Waals surface area (Å²) in [6.07, 6.45) is 3.88. The van der Waals surface area contributed by atoms with E-state index in [0.717, 1.165) is 56.2 Å². The fraction of sp³-hybridized carbons (Fsp3) is 0.483. The number of piperidine rings is 2. The molecule has 0 atom stereocenters. The summed E-state index contributed by atoms with van der Waals surface area (Å²) in [6, 6.07) is 11.0. The summed E-state index contributed by atoms with van der Waals surface area (Å²) < 4.78 is 29.4. The monoisotopic (exact) mass is 609 g/mol. The highest BCUT2D eigenvalue weighted by molar-refractivity contribution is 7.89. The van der Waals surface area contributed by atoms with Gasteiger partial charge in [-0.3, -0.25) is 29.8 Å². The number of anilines is 1. The van der Waals surface area contributed by atoms with Crippen molar-refractivity contribution >= 4 is 44.4 Å². The fourth-order valence-electron chi connectivity index (χ4n) is 6.51. The molecule has 3 amide bonds. The summed E-state index contributed by atoms with van der Waals surface area (Å²) in [7, 11) is -1.80. The average molecular weight is 610 g/mol. The van der Waals surface area contributed by atoms with E-state index < -0.39 is 21.0 Å². The first-order valence-electron chi connectivity index (χ1n) is 14.6. The van der Waals surface area contributed by atoms with E-state index in [4.69, 9.17) is 0 Å². The lowest BCUT2D eigenvalue weighted by Crippen LogP contribution is -2.49. The van der Waals surface area contributed by atoms with Gasteiger partial charge in [0.15, 0.2) is 5.82 Å². The number of benzene rings is 2. The van der Waals surface area contributed by atoms with Crippen molar-refractivity contribution in [2.75, 3.05) is 44.2 Å². The number of urea groups is 1. The molecular formula is C29H35N7O6S. The number of hydrogen-bond acceptors (Lipinski definition) is 8. The molecule has 0 unspecified atom stereocenters. The molecule has 1 N–H and O–H groups in total. The van der Waals surface area contributed by atoms with E-state index in [1.807, 2.05) is 13.1 Å². The number of nitro benzene ring substituents is 1. The molecule has 43 heavy (non-hydrogen) atoms. The van der Waals surface area contributed by atoms with Crippen LogP contribution in [0.15, 0.2) is 47.4 Å². The molecule has 3 aliphatic heterocycles. The zero-order chi connectivity index (χ0) is 30.3. The number of sulfonamides is 1. The van der Waals surface area contributed by atoms with E-state index in [1.54, 1.807) is 4.68 Å². The minimum atomic E-state index is -3.67. The number of aromatic nitrogens is 2. The van der Waals surface area contributed by atoms with E-state index in [-0.39, 0.29) is 22.9 Å². The second-order valence-electron chi connectivity index (χ2n) is 11.7. The summed E-state index contributed by atoms with van der Waals surface area (Å²) in [5.41, 5.74) is 2.08. The highest BCUT2D eigenvalue weighted by Crippen LogP contribution is 2.34. The number of amides is 3. The lowest BCUT2D eigenvalue weighted by molar-refractivity contribution is -0.384. The number of carbonyl (C=O) groups is 2. The van der Waals surface area contributed by atoms with Gasteiger partial charge in [0.25, 0.3) is 5.69 Å². The van der Waals surface area contributed by atoms with Gasteiger partial charge in [-0.05, 0) is 80.4 Å². The largest absolute Gasteiger partial charge is 0.329 e. The van der Waals surface area contributed by atoms with E-state index in [1.165, 1.54) is 39.0 Å². The smallest absolute Gasteiger partial charge is 0.303 e. The maximum absolute atomic E-state index is 13.1. The van der Waals surface area contributed by atoms with Crippen molar-refractivity contribution in [3.8, 4) is 0 Å². The molecule has 3 saturated heterocycles. The highest BCUT2D eigenvalue weighted by atomic mass is 32.2. The van der Waals surface area contributed by atoms with Crippen molar-refractivity contribution in [1.29, 1.82) is 0 Å². The molecule has 3 fully saturated rings. The molecule has 228 valence electrons. The number of aryl methyl sites for hydroxylation is 1. The Kier molecular flexibility index (Phi) is 7.92. The van der Waals surface area contributed by atoms with Crippen LogP contribution in [0.2, 0.25) is 0 Å². The van der Waals surface area contributed by atoms with Crippen LogP contribution in [0.25, 0.3) is 10.9 Å². The number of non-ortho nitro benzene ring substituents is 1. The van der Waals surface area contributed by atoms with E-state index in [2.05, 4.69) is 27.4 Å². The predicted octanol–water partition coefficient (Wildman–Crippen LogP) is 3.21. The van der Waals surface area contributed by atoms with Crippen LogP contribution in [0.1, 0.15) is 43.6 Å². The third-order valence-electron chi connectivity index (χ3n) is 9.00. The van der Waals surface area contributed by atoms with Crippen LogP contribution in [0.3, 0.4) is 0 Å². The van der Waals surface area contributed by atoms with Gasteiger partial charge in [0, 0.05) is 57.2 Å². The number of nitrogens with zero attached hydrogens (tertiary/aromatic N) is 6. The number of rotatable bonds is 7. The van der Waals surface area contributed by atoms with E-state index in [9.17, 15) is 28.1 Å². The summed E-state index contributed by atoms with van der Waals surface area (Å²) in [5.74, 6) is 1.14. The van der Waals surface area contributed by atoms with Crippen molar-refractivity contribution in [2.24, 2.45) is 13.0 Å². The Labute approximate surface area is 249 Å². The SMILES string of the molecule is Cn1nc(N2CCC(=O)NC2=O)c2ccc(C3CCN(CC4CCN(S(=O)(=O)c5ccc([N+](=O)[O-])cc5)CC4)CC3)cc21. The molecule has 1 aromatic heterocycles. The Morgan fingerprint density at radius 3 is 2.33 bits per heavy atom. The second-order valence-corrected chi connectivity index (χ2v) is 13.6. The summed E-state index contributed by atoms with van der Waals surface area (Å²) >= 11 is 0. The van der Waals surface area contributed by atoms with Gasteiger partial charge in [0.1, 0.15) is 0 Å². The Hall–Kier alpha value is -3.88. The standard InChI is InChI=1S/C29H35N7O6S/c1-32-26-18-22(2-7-25(26)28(31-32)35-17-12-27(37)30-29(35)38)21-10-13-33(14-11-21)19-20-8-15-34(16-9-20)43(41,42)24-5-3-23(4-6-24)36(39)40/h2-7,18,20-21H,8-17,19H2,1H3,(H,30,37,38). The Morgan fingerprint density at radius 1 is 0.977 bits per heavy atom. The molecule has 0 spiro atoms. The highest BCUT2D eigenvalue weighted by Gasteiger charge is 2.32. The van der Waals surface area contributed by atoms with Crippen LogP contribution in [0, 0.1) is 16.0 Å². The first-order chi connectivity index (χ1) is 20.6. The first kappa shape index (κ1) is 29.2. The quantitative estimate of drug-likeness (QED) is 0.317. The van der Waals surface area contributed by atoms with Crippen molar-refractivity contribution in [2.45, 2.75) is 42.9 Å². The average Bonchev–Trinajstić information content (AvgIpc) is 3.33. The topological polar surface area (TPSA) is 151 Å². The van der Waals surface area contributed by atoms with Crippen molar-refractivity contribution in [3.05, 3.63) is 58.1 Å². The van der Waals surface area contributed by atoms with Crippen LogP contribution in [0.4, 0.5) is 16.3 Å². The Balaban J connectivity index is 1.02. The number of nitrogens with one attached hydrogen (secondary N) is 1. The van der Waals surface area contributed by atoms with Gasteiger partial charge < -0.3 is 4.90 Å². The van der Waals surface area contributed by atoms with Gasteiger partial charge in [-0.25, -0.2) is 13.2 Å². The summed E-state index contributed by atoms with van der Waals surface area (Å²) in [5, 5.41) is 18.7. The molecule has 2 aromatic carbocycles. The normalized spacial score (nSPS) is 20.1.